The van der Waals surface area contributed by atoms with Gasteiger partial charge in [-0.15, -0.1) is 0 Å². The molecule has 0 unspecified atom stereocenters. The molecule has 0 N–H and O–H groups in total. The maximum atomic E-state index is 12.0. The van der Waals surface area contributed by atoms with Crippen molar-refractivity contribution in [3.63, 3.8) is 0 Å². The van der Waals surface area contributed by atoms with Crippen LogP contribution in [0.25, 0.3) is 0 Å². The summed E-state index contributed by atoms with van der Waals surface area (Å²) in [5.41, 5.74) is 1.06. The summed E-state index contributed by atoms with van der Waals surface area (Å²) in [4.78, 5) is 0.333. The molecule has 0 saturated carbocycles. The van der Waals surface area contributed by atoms with E-state index in [9.17, 15) is 8.42 Å². The highest BCUT2D eigenvalue weighted by Crippen LogP contribution is 2.20. The van der Waals surface area contributed by atoms with E-state index in [2.05, 4.69) is 0 Å². The first-order valence-electron chi connectivity index (χ1n) is 5.91. The predicted octanol–water partition coefficient (Wildman–Crippen LogP) is 3.49. The molecule has 0 amide bonds. The summed E-state index contributed by atoms with van der Waals surface area (Å²) in [7, 11) is -3.60. The van der Waals surface area contributed by atoms with E-state index in [0.717, 1.165) is 5.57 Å². The molecule has 0 aromatic rings. The fourth-order valence-electron chi connectivity index (χ4n) is 1.11. The standard InChI is InChI=1S/C13H24O3S/c1-10(2)7-8-13(12(5)6)17(14,15)16-9-11(3)4/h7-8,11-12H,9H2,1-6H3/b13-8+. The summed E-state index contributed by atoms with van der Waals surface area (Å²) in [6.07, 6.45) is 3.43. The normalized spacial score (nSPS) is 13.3. The van der Waals surface area contributed by atoms with Gasteiger partial charge in [0.15, 0.2) is 0 Å². The van der Waals surface area contributed by atoms with Crippen molar-refractivity contribution in [1.82, 2.24) is 0 Å². The molecule has 0 aromatic heterocycles. The molecule has 17 heavy (non-hydrogen) atoms. The van der Waals surface area contributed by atoms with Crippen molar-refractivity contribution in [1.29, 1.82) is 0 Å². The van der Waals surface area contributed by atoms with Gasteiger partial charge in [-0.25, -0.2) is 0 Å². The van der Waals surface area contributed by atoms with Gasteiger partial charge in [0.25, 0.3) is 10.1 Å². The topological polar surface area (TPSA) is 43.4 Å². The van der Waals surface area contributed by atoms with Gasteiger partial charge in [0.2, 0.25) is 0 Å². The van der Waals surface area contributed by atoms with Crippen LogP contribution in [0.4, 0.5) is 0 Å². The van der Waals surface area contributed by atoms with Crippen molar-refractivity contribution < 1.29 is 12.6 Å². The molecule has 0 fully saturated rings. The number of allylic oxidation sites excluding steroid dienone is 4. The first-order valence-corrected chi connectivity index (χ1v) is 7.32. The van der Waals surface area contributed by atoms with Crippen molar-refractivity contribution in [2.75, 3.05) is 6.61 Å². The Labute approximate surface area is 106 Å². The summed E-state index contributed by atoms with van der Waals surface area (Å²) < 4.78 is 29.0. The molecule has 4 heteroatoms. The van der Waals surface area contributed by atoms with E-state index in [1.54, 1.807) is 12.2 Å². The smallest absolute Gasteiger partial charge is 0.266 e. The molecule has 0 spiro atoms. The highest BCUT2D eigenvalue weighted by atomic mass is 32.2. The largest absolute Gasteiger partial charge is 0.293 e. The van der Waals surface area contributed by atoms with E-state index in [0.29, 0.717) is 4.91 Å². The lowest BCUT2D eigenvalue weighted by atomic mass is 10.2. The summed E-state index contributed by atoms with van der Waals surface area (Å²) in [5, 5.41) is 0. The zero-order chi connectivity index (χ0) is 13.6. The van der Waals surface area contributed by atoms with E-state index in [1.807, 2.05) is 41.5 Å². The third-order valence-corrected chi connectivity index (χ3v) is 3.63. The van der Waals surface area contributed by atoms with E-state index in [4.69, 9.17) is 4.18 Å². The van der Waals surface area contributed by atoms with Crippen molar-refractivity contribution in [3.05, 3.63) is 22.6 Å². The molecule has 0 bridgehead atoms. The van der Waals surface area contributed by atoms with E-state index >= 15 is 0 Å². The van der Waals surface area contributed by atoms with Crippen LogP contribution in [0.1, 0.15) is 41.5 Å². The Morgan fingerprint density at radius 1 is 1.12 bits per heavy atom. The molecule has 3 nitrogen and oxygen atoms in total. The highest BCUT2D eigenvalue weighted by molar-refractivity contribution is 7.90. The van der Waals surface area contributed by atoms with Gasteiger partial charge in [0.1, 0.15) is 0 Å². The fourth-order valence-corrected chi connectivity index (χ4v) is 2.51. The van der Waals surface area contributed by atoms with Gasteiger partial charge in [0.05, 0.1) is 11.5 Å². The van der Waals surface area contributed by atoms with Crippen molar-refractivity contribution in [3.8, 4) is 0 Å². The highest BCUT2D eigenvalue weighted by Gasteiger charge is 2.21. The Balaban J connectivity index is 5.07. The van der Waals surface area contributed by atoms with Gasteiger partial charge in [0, 0.05) is 0 Å². The molecule has 0 heterocycles. The van der Waals surface area contributed by atoms with Crippen LogP contribution in [0, 0.1) is 11.8 Å². The molecule has 0 saturated heterocycles. The Morgan fingerprint density at radius 2 is 1.65 bits per heavy atom. The molecule has 0 radical (unpaired) electrons. The Morgan fingerprint density at radius 3 is 2.00 bits per heavy atom. The number of rotatable bonds is 6. The summed E-state index contributed by atoms with van der Waals surface area (Å²) in [6.45, 7) is 11.6. The van der Waals surface area contributed by atoms with Crippen LogP contribution in [0.2, 0.25) is 0 Å². The fraction of sp³-hybridized carbons (Fsp3) is 0.692. The Bertz CT molecular complexity index is 383. The van der Waals surface area contributed by atoms with Gasteiger partial charge in [-0.1, -0.05) is 39.3 Å². The van der Waals surface area contributed by atoms with Crippen LogP contribution >= 0.6 is 0 Å². The minimum atomic E-state index is -3.60. The number of hydrogen-bond donors (Lipinski definition) is 0. The average Bonchev–Trinajstić information content (AvgIpc) is 2.13. The van der Waals surface area contributed by atoms with Crippen molar-refractivity contribution >= 4 is 10.1 Å². The van der Waals surface area contributed by atoms with Crippen molar-refractivity contribution in [2.24, 2.45) is 11.8 Å². The zero-order valence-corrected chi connectivity index (χ0v) is 12.5. The van der Waals surface area contributed by atoms with Crippen molar-refractivity contribution in [2.45, 2.75) is 41.5 Å². The predicted molar refractivity (Wildman–Crippen MR) is 72.1 cm³/mol. The lowest BCUT2D eigenvalue weighted by molar-refractivity contribution is 0.277. The van der Waals surface area contributed by atoms with Crippen LogP contribution in [0.5, 0.6) is 0 Å². The summed E-state index contributed by atoms with van der Waals surface area (Å²) >= 11 is 0. The molecule has 0 aliphatic carbocycles. The zero-order valence-electron chi connectivity index (χ0n) is 11.6. The molecule has 0 aliphatic rings. The van der Waals surface area contributed by atoms with Gasteiger partial charge in [-0.3, -0.25) is 4.18 Å². The molecule has 0 rings (SSSR count). The maximum absolute atomic E-state index is 12.0. The SMILES string of the molecule is CC(C)=C/C=C(\C(C)C)S(=O)(=O)OCC(C)C. The van der Waals surface area contributed by atoms with Crippen LogP contribution in [0.3, 0.4) is 0 Å². The van der Waals surface area contributed by atoms with Crippen LogP contribution in [-0.4, -0.2) is 15.0 Å². The van der Waals surface area contributed by atoms with Crippen LogP contribution in [0.15, 0.2) is 22.6 Å². The second kappa shape index (κ2) is 6.97. The van der Waals surface area contributed by atoms with Crippen LogP contribution in [-0.2, 0) is 14.3 Å². The lowest BCUT2D eigenvalue weighted by Crippen LogP contribution is -2.15. The molecule has 0 aliphatic heterocycles. The lowest BCUT2D eigenvalue weighted by Gasteiger charge is -2.13. The monoisotopic (exact) mass is 260 g/mol. The molecule has 0 atom stereocenters. The van der Waals surface area contributed by atoms with Gasteiger partial charge >= 0.3 is 0 Å². The maximum Gasteiger partial charge on any atom is 0.293 e. The number of hydrogen-bond acceptors (Lipinski definition) is 3. The van der Waals surface area contributed by atoms with Gasteiger partial charge < -0.3 is 0 Å². The third kappa shape index (κ3) is 6.64. The summed E-state index contributed by atoms with van der Waals surface area (Å²) in [5.74, 6) is 0.115. The van der Waals surface area contributed by atoms with Gasteiger partial charge in [-0.2, -0.15) is 8.42 Å². The Kier molecular flexibility index (Phi) is 6.72. The minimum absolute atomic E-state index is 0.0808. The van der Waals surface area contributed by atoms with Gasteiger partial charge in [-0.05, 0) is 31.8 Å². The molecule has 100 valence electrons. The average molecular weight is 260 g/mol. The molecular weight excluding hydrogens is 236 g/mol. The van der Waals surface area contributed by atoms with E-state index in [-0.39, 0.29) is 18.4 Å². The van der Waals surface area contributed by atoms with Crippen LogP contribution < -0.4 is 0 Å². The minimum Gasteiger partial charge on any atom is -0.266 e. The quantitative estimate of drug-likeness (QED) is 0.542. The third-order valence-electron chi connectivity index (χ3n) is 2.00. The second-order valence-electron chi connectivity index (χ2n) is 5.10. The first-order chi connectivity index (χ1) is 7.66. The first kappa shape index (κ1) is 16.4. The second-order valence-corrected chi connectivity index (χ2v) is 6.72. The molecule has 0 aromatic carbocycles. The summed E-state index contributed by atoms with van der Waals surface area (Å²) in [6, 6.07) is 0. The van der Waals surface area contributed by atoms with E-state index in [1.165, 1.54) is 0 Å². The molecular formula is C13H24O3S. The Hall–Kier alpha value is -0.610. The van der Waals surface area contributed by atoms with E-state index < -0.39 is 10.1 Å².